The molecule has 0 saturated carbocycles. The predicted octanol–water partition coefficient (Wildman–Crippen LogP) is -0.372. The van der Waals surface area contributed by atoms with Crippen LogP contribution in [0.25, 0.3) is 0 Å². The van der Waals surface area contributed by atoms with Crippen molar-refractivity contribution >= 4 is 11.8 Å². The first-order chi connectivity index (χ1) is 7.52. The summed E-state index contributed by atoms with van der Waals surface area (Å²) in [7, 11) is 0. The monoisotopic (exact) mass is 214 g/mol. The number of carbonyl (C=O) groups excluding carboxylic acids is 2. The van der Waals surface area contributed by atoms with Crippen molar-refractivity contribution in [2.45, 2.75) is 0 Å². The number of benzene rings is 1. The molecule has 0 saturated heterocycles. The van der Waals surface area contributed by atoms with Crippen LogP contribution in [0, 0.1) is 22.7 Å². The fraction of sp³-hybridized carbons (Fsp3) is 0. The Labute approximate surface area is 90.7 Å². The van der Waals surface area contributed by atoms with Crippen molar-refractivity contribution in [3.63, 3.8) is 0 Å². The van der Waals surface area contributed by atoms with Gasteiger partial charge in [-0.15, -0.1) is 0 Å². The number of primary amides is 2. The van der Waals surface area contributed by atoms with Gasteiger partial charge in [-0.25, -0.2) is 0 Å². The second-order valence-corrected chi connectivity index (χ2v) is 2.86. The van der Waals surface area contributed by atoms with E-state index in [1.165, 1.54) is 12.1 Å². The van der Waals surface area contributed by atoms with Gasteiger partial charge in [-0.3, -0.25) is 9.59 Å². The lowest BCUT2D eigenvalue weighted by Crippen LogP contribution is -2.22. The lowest BCUT2D eigenvalue weighted by Gasteiger charge is -2.05. The molecule has 0 aliphatic heterocycles. The maximum Gasteiger partial charge on any atom is 0.250 e. The zero-order valence-electron chi connectivity index (χ0n) is 8.02. The van der Waals surface area contributed by atoms with Gasteiger partial charge in [0.2, 0.25) is 5.91 Å². The second kappa shape index (κ2) is 4.11. The Morgan fingerprint density at radius 2 is 1.69 bits per heavy atom. The molecule has 0 radical (unpaired) electrons. The Hall–Kier alpha value is -2.86. The van der Waals surface area contributed by atoms with Crippen LogP contribution in [-0.2, 0) is 0 Å². The number of nitriles is 2. The summed E-state index contributed by atoms with van der Waals surface area (Å²) in [6, 6.07) is 5.82. The van der Waals surface area contributed by atoms with Crippen LogP contribution in [0.2, 0.25) is 0 Å². The van der Waals surface area contributed by atoms with Crippen LogP contribution in [0.4, 0.5) is 0 Å². The Bertz CT molecular complexity index is 563. The summed E-state index contributed by atoms with van der Waals surface area (Å²) < 4.78 is 0. The summed E-state index contributed by atoms with van der Waals surface area (Å²) in [4.78, 5) is 22.1. The number of rotatable bonds is 2. The molecule has 0 fully saturated rings. The molecule has 6 heteroatoms. The number of nitrogens with two attached hydrogens (primary N) is 2. The third-order valence-electron chi connectivity index (χ3n) is 1.95. The maximum atomic E-state index is 11.1. The van der Waals surface area contributed by atoms with E-state index in [1.54, 1.807) is 12.1 Å². The predicted molar refractivity (Wildman–Crippen MR) is 52.9 cm³/mol. The maximum absolute atomic E-state index is 11.1. The molecule has 0 aromatic heterocycles. The average molecular weight is 214 g/mol. The van der Waals surface area contributed by atoms with Crippen molar-refractivity contribution in [2.75, 3.05) is 0 Å². The molecule has 16 heavy (non-hydrogen) atoms. The first kappa shape index (κ1) is 11.2. The highest BCUT2D eigenvalue weighted by Gasteiger charge is 2.20. The van der Waals surface area contributed by atoms with Gasteiger partial charge in [0.1, 0.15) is 12.1 Å². The molecule has 0 heterocycles. The number of amides is 2. The molecule has 1 aromatic carbocycles. The Morgan fingerprint density at radius 1 is 1.06 bits per heavy atom. The van der Waals surface area contributed by atoms with Crippen LogP contribution in [0.5, 0.6) is 0 Å². The van der Waals surface area contributed by atoms with Crippen LogP contribution in [0.15, 0.2) is 12.1 Å². The van der Waals surface area contributed by atoms with Crippen LogP contribution >= 0.6 is 0 Å². The number of hydrogen-bond acceptors (Lipinski definition) is 4. The van der Waals surface area contributed by atoms with E-state index in [4.69, 9.17) is 22.0 Å². The van der Waals surface area contributed by atoms with Crippen molar-refractivity contribution in [3.8, 4) is 12.1 Å². The highest BCUT2D eigenvalue weighted by Crippen LogP contribution is 2.17. The summed E-state index contributed by atoms with van der Waals surface area (Å²) in [6.45, 7) is 0. The highest BCUT2D eigenvalue weighted by molar-refractivity contribution is 6.08. The lowest BCUT2D eigenvalue weighted by molar-refractivity contribution is 0.0967. The Morgan fingerprint density at radius 3 is 2.06 bits per heavy atom. The molecule has 1 rings (SSSR count). The summed E-state index contributed by atoms with van der Waals surface area (Å²) in [5, 5.41) is 17.5. The molecule has 4 N–H and O–H groups in total. The summed E-state index contributed by atoms with van der Waals surface area (Å²) in [5.74, 6) is -1.85. The third-order valence-corrected chi connectivity index (χ3v) is 1.95. The van der Waals surface area contributed by atoms with Crippen molar-refractivity contribution in [2.24, 2.45) is 11.5 Å². The first-order valence-corrected chi connectivity index (χ1v) is 4.09. The molecule has 78 valence electrons. The number of carbonyl (C=O) groups is 2. The van der Waals surface area contributed by atoms with Crippen LogP contribution in [0.1, 0.15) is 31.8 Å². The molecule has 1 aromatic rings. The highest BCUT2D eigenvalue weighted by atomic mass is 16.2. The average Bonchev–Trinajstić information content (AvgIpc) is 2.26. The molecule has 0 spiro atoms. The number of nitrogens with zero attached hydrogens (tertiary/aromatic N) is 2. The van der Waals surface area contributed by atoms with E-state index >= 15 is 0 Å². The first-order valence-electron chi connectivity index (χ1n) is 4.09. The van der Waals surface area contributed by atoms with E-state index in [0.717, 1.165) is 0 Å². The van der Waals surface area contributed by atoms with Crippen LogP contribution < -0.4 is 11.5 Å². The minimum atomic E-state index is -0.970. The van der Waals surface area contributed by atoms with Gasteiger partial charge in [-0.1, -0.05) is 0 Å². The van der Waals surface area contributed by atoms with E-state index in [9.17, 15) is 9.59 Å². The summed E-state index contributed by atoms with van der Waals surface area (Å²) >= 11 is 0. The largest absolute Gasteiger partial charge is 0.366 e. The van der Waals surface area contributed by atoms with Crippen LogP contribution in [0.3, 0.4) is 0 Å². The summed E-state index contributed by atoms with van der Waals surface area (Å²) in [6.07, 6.45) is 0. The SMILES string of the molecule is N#Cc1ccc(C(N)=O)c(C(N)=O)c1C#N. The fourth-order valence-electron chi connectivity index (χ4n) is 1.27. The molecular weight excluding hydrogens is 208 g/mol. The molecule has 2 amide bonds. The van der Waals surface area contributed by atoms with Crippen molar-refractivity contribution in [1.82, 2.24) is 0 Å². The quantitative estimate of drug-likeness (QED) is 0.694. The molecule has 0 aliphatic carbocycles. The van der Waals surface area contributed by atoms with Gasteiger partial charge in [0, 0.05) is 0 Å². The van der Waals surface area contributed by atoms with Crippen molar-refractivity contribution in [3.05, 3.63) is 34.4 Å². The van der Waals surface area contributed by atoms with E-state index in [1.807, 2.05) is 0 Å². The van der Waals surface area contributed by atoms with Gasteiger partial charge in [0.15, 0.2) is 0 Å². The molecule has 6 nitrogen and oxygen atoms in total. The lowest BCUT2D eigenvalue weighted by atomic mass is 9.96. The standard InChI is InChI=1S/C10H6N4O2/c11-3-5-1-2-6(9(13)15)8(10(14)16)7(5)4-12/h1-2H,(H2,13,15)(H2,14,16). The minimum Gasteiger partial charge on any atom is -0.366 e. The molecule has 0 bridgehead atoms. The van der Waals surface area contributed by atoms with Gasteiger partial charge in [0.05, 0.1) is 22.3 Å². The number of hydrogen-bond donors (Lipinski definition) is 2. The van der Waals surface area contributed by atoms with Crippen molar-refractivity contribution < 1.29 is 9.59 Å². The molecule has 0 unspecified atom stereocenters. The minimum absolute atomic E-state index is 0.0266. The van der Waals surface area contributed by atoms with Gasteiger partial charge < -0.3 is 11.5 Å². The zero-order chi connectivity index (χ0) is 12.3. The third kappa shape index (κ3) is 1.68. The topological polar surface area (TPSA) is 134 Å². The zero-order valence-corrected chi connectivity index (χ0v) is 8.02. The molecular formula is C10H6N4O2. The van der Waals surface area contributed by atoms with E-state index in [0.29, 0.717) is 0 Å². The van der Waals surface area contributed by atoms with Gasteiger partial charge >= 0.3 is 0 Å². The molecule has 0 atom stereocenters. The summed E-state index contributed by atoms with van der Waals surface area (Å²) in [5.41, 5.74) is 9.34. The van der Waals surface area contributed by atoms with Crippen LogP contribution in [-0.4, -0.2) is 11.8 Å². The van der Waals surface area contributed by atoms with E-state index in [-0.39, 0.29) is 22.3 Å². The van der Waals surface area contributed by atoms with Gasteiger partial charge in [-0.05, 0) is 12.1 Å². The van der Waals surface area contributed by atoms with E-state index in [2.05, 4.69) is 0 Å². The Kier molecular flexibility index (Phi) is 2.88. The van der Waals surface area contributed by atoms with Crippen molar-refractivity contribution in [1.29, 1.82) is 10.5 Å². The smallest absolute Gasteiger partial charge is 0.250 e. The van der Waals surface area contributed by atoms with Gasteiger partial charge in [0.25, 0.3) is 5.91 Å². The molecule has 0 aliphatic rings. The van der Waals surface area contributed by atoms with E-state index < -0.39 is 11.8 Å². The second-order valence-electron chi connectivity index (χ2n) is 2.86. The van der Waals surface area contributed by atoms with Gasteiger partial charge in [-0.2, -0.15) is 10.5 Å². The Balaban J connectivity index is 3.74. The fourth-order valence-corrected chi connectivity index (χ4v) is 1.27. The normalized spacial score (nSPS) is 8.88.